The number of hydrogen-bond acceptors (Lipinski definition) is 4. The zero-order chi connectivity index (χ0) is 21.0. The second kappa shape index (κ2) is 9.15. The van der Waals surface area contributed by atoms with E-state index in [0.29, 0.717) is 36.7 Å². The predicted octanol–water partition coefficient (Wildman–Crippen LogP) is 3.31. The average molecular weight is 437 g/mol. The van der Waals surface area contributed by atoms with Gasteiger partial charge >= 0.3 is 0 Å². The highest BCUT2D eigenvalue weighted by Gasteiger charge is 2.30. The Morgan fingerprint density at radius 1 is 1.14 bits per heavy atom. The van der Waals surface area contributed by atoms with Gasteiger partial charge in [-0.25, -0.2) is 8.42 Å². The highest BCUT2D eigenvalue weighted by Crippen LogP contribution is 2.23. The molecule has 1 aliphatic heterocycles. The number of ether oxygens (including phenoxy) is 1. The fourth-order valence-electron chi connectivity index (χ4n) is 3.29. The van der Waals surface area contributed by atoms with Crippen LogP contribution < -0.4 is 10.1 Å². The van der Waals surface area contributed by atoms with Crippen molar-refractivity contribution in [1.82, 2.24) is 9.62 Å². The van der Waals surface area contributed by atoms with E-state index < -0.39 is 10.0 Å². The number of carbonyl (C=O) groups is 1. The molecule has 0 atom stereocenters. The van der Waals surface area contributed by atoms with Gasteiger partial charge in [0.2, 0.25) is 10.0 Å². The topological polar surface area (TPSA) is 75.7 Å². The molecule has 0 spiro atoms. The molecule has 29 heavy (non-hydrogen) atoms. The van der Waals surface area contributed by atoms with Crippen molar-refractivity contribution in [3.63, 3.8) is 0 Å². The molecule has 0 radical (unpaired) electrons. The molecule has 1 heterocycles. The van der Waals surface area contributed by atoms with Crippen LogP contribution in [0.3, 0.4) is 0 Å². The van der Waals surface area contributed by atoms with Gasteiger partial charge in [-0.05, 0) is 68.1 Å². The van der Waals surface area contributed by atoms with Gasteiger partial charge in [0.15, 0.2) is 6.61 Å². The first kappa shape index (κ1) is 21.6. The van der Waals surface area contributed by atoms with Crippen LogP contribution in [-0.2, 0) is 14.8 Å². The van der Waals surface area contributed by atoms with Crippen molar-refractivity contribution in [2.45, 2.75) is 37.6 Å². The van der Waals surface area contributed by atoms with Crippen LogP contribution in [0.15, 0.2) is 47.4 Å². The first-order valence-electron chi connectivity index (χ1n) is 9.51. The van der Waals surface area contributed by atoms with Crippen molar-refractivity contribution in [3.05, 3.63) is 58.6 Å². The lowest BCUT2D eigenvalue weighted by molar-refractivity contribution is -0.124. The summed E-state index contributed by atoms with van der Waals surface area (Å²) < 4.78 is 32.5. The van der Waals surface area contributed by atoms with Crippen molar-refractivity contribution in [3.8, 4) is 5.75 Å². The summed E-state index contributed by atoms with van der Waals surface area (Å²) in [6.07, 6.45) is 1.12. The fourth-order valence-corrected chi connectivity index (χ4v) is 4.88. The summed E-state index contributed by atoms with van der Waals surface area (Å²) in [5.41, 5.74) is 2.12. The molecule has 0 aliphatic carbocycles. The number of nitrogens with one attached hydrogen (secondary N) is 1. The minimum absolute atomic E-state index is 0.0619. The van der Waals surface area contributed by atoms with Gasteiger partial charge in [-0.15, -0.1) is 0 Å². The molecule has 1 amide bonds. The third-order valence-corrected chi connectivity index (χ3v) is 7.35. The third kappa shape index (κ3) is 5.29. The number of carbonyl (C=O) groups excluding carboxylic acids is 1. The highest BCUT2D eigenvalue weighted by molar-refractivity contribution is 7.89. The lowest BCUT2D eigenvalue weighted by Gasteiger charge is -2.31. The molecule has 8 heteroatoms. The van der Waals surface area contributed by atoms with E-state index in [4.69, 9.17) is 16.3 Å². The van der Waals surface area contributed by atoms with E-state index in [1.807, 2.05) is 32.0 Å². The number of hydrogen-bond donors (Lipinski definition) is 1. The molecule has 0 aromatic heterocycles. The summed E-state index contributed by atoms with van der Waals surface area (Å²) in [5, 5.41) is 3.43. The fraction of sp³-hybridized carbons (Fsp3) is 0.381. The Morgan fingerprint density at radius 2 is 1.79 bits per heavy atom. The molecular weight excluding hydrogens is 412 g/mol. The van der Waals surface area contributed by atoms with Gasteiger partial charge in [0, 0.05) is 24.2 Å². The molecule has 3 rings (SSSR count). The first-order valence-corrected chi connectivity index (χ1v) is 11.3. The van der Waals surface area contributed by atoms with E-state index in [9.17, 15) is 13.2 Å². The van der Waals surface area contributed by atoms with Crippen molar-refractivity contribution >= 4 is 27.5 Å². The summed E-state index contributed by atoms with van der Waals surface area (Å²) in [6.45, 7) is 4.60. The van der Waals surface area contributed by atoms with Gasteiger partial charge < -0.3 is 10.1 Å². The van der Waals surface area contributed by atoms with Crippen LogP contribution in [0.5, 0.6) is 5.75 Å². The van der Waals surface area contributed by atoms with Crippen molar-refractivity contribution in [2.75, 3.05) is 19.7 Å². The molecular formula is C21H25ClN2O4S. The molecule has 6 nitrogen and oxygen atoms in total. The SMILES string of the molecule is Cc1cccc(OCC(=O)NC2CCN(S(=O)(=O)c3ccc(Cl)cc3)CC2)c1C. The maximum Gasteiger partial charge on any atom is 0.258 e. The summed E-state index contributed by atoms with van der Waals surface area (Å²) >= 11 is 5.84. The van der Waals surface area contributed by atoms with Crippen LogP contribution in [0.25, 0.3) is 0 Å². The van der Waals surface area contributed by atoms with Gasteiger partial charge in [0.25, 0.3) is 5.91 Å². The maximum atomic E-state index is 12.7. The van der Waals surface area contributed by atoms with E-state index in [0.717, 1.165) is 11.1 Å². The normalized spacial score (nSPS) is 15.8. The molecule has 1 aliphatic rings. The standard InChI is InChI=1S/C21H25ClN2O4S/c1-15-4-3-5-20(16(15)2)28-14-21(25)23-18-10-12-24(13-11-18)29(26,27)19-8-6-17(22)7-9-19/h3-9,18H,10-14H2,1-2H3,(H,23,25). The van der Waals surface area contributed by atoms with Gasteiger partial charge in [0.05, 0.1) is 4.90 Å². The summed E-state index contributed by atoms with van der Waals surface area (Å²) in [7, 11) is -3.55. The van der Waals surface area contributed by atoms with Gasteiger partial charge in [-0.3, -0.25) is 4.79 Å². The molecule has 1 fully saturated rings. The third-order valence-electron chi connectivity index (χ3n) is 5.18. The Bertz CT molecular complexity index is 969. The molecule has 0 saturated carbocycles. The van der Waals surface area contributed by atoms with Gasteiger partial charge in [-0.2, -0.15) is 4.31 Å². The monoisotopic (exact) mass is 436 g/mol. The Balaban J connectivity index is 1.50. The van der Waals surface area contributed by atoms with Crippen LogP contribution in [0.2, 0.25) is 5.02 Å². The zero-order valence-corrected chi connectivity index (χ0v) is 18.1. The van der Waals surface area contributed by atoms with Crippen LogP contribution in [-0.4, -0.2) is 44.4 Å². The quantitative estimate of drug-likeness (QED) is 0.753. The lowest BCUT2D eigenvalue weighted by atomic mass is 10.1. The minimum atomic E-state index is -3.55. The number of aryl methyl sites for hydroxylation is 1. The molecule has 2 aromatic carbocycles. The highest BCUT2D eigenvalue weighted by atomic mass is 35.5. The summed E-state index contributed by atoms with van der Waals surface area (Å²) in [6, 6.07) is 11.8. The Labute approximate surface area is 176 Å². The Hall–Kier alpha value is -2.09. The molecule has 0 bridgehead atoms. The lowest BCUT2D eigenvalue weighted by Crippen LogP contribution is -2.47. The molecule has 1 saturated heterocycles. The van der Waals surface area contributed by atoms with E-state index in [1.165, 1.54) is 16.4 Å². The van der Waals surface area contributed by atoms with Crippen LogP contribution >= 0.6 is 11.6 Å². The number of amides is 1. The van der Waals surface area contributed by atoms with E-state index >= 15 is 0 Å². The van der Waals surface area contributed by atoms with Gasteiger partial charge in [0.1, 0.15) is 5.75 Å². The van der Waals surface area contributed by atoms with E-state index in [2.05, 4.69) is 5.32 Å². The Kier molecular flexibility index (Phi) is 6.82. The van der Waals surface area contributed by atoms with Crippen molar-refractivity contribution < 1.29 is 17.9 Å². The molecule has 2 aromatic rings. The van der Waals surface area contributed by atoms with Crippen molar-refractivity contribution in [1.29, 1.82) is 0 Å². The second-order valence-electron chi connectivity index (χ2n) is 7.19. The minimum Gasteiger partial charge on any atom is -0.483 e. The van der Waals surface area contributed by atoms with Crippen LogP contribution in [0, 0.1) is 13.8 Å². The summed E-state index contributed by atoms with van der Waals surface area (Å²) in [5.74, 6) is 0.494. The number of rotatable bonds is 6. The number of halogens is 1. The first-order chi connectivity index (χ1) is 13.8. The number of nitrogens with zero attached hydrogens (tertiary/aromatic N) is 1. The van der Waals surface area contributed by atoms with Crippen molar-refractivity contribution in [2.24, 2.45) is 0 Å². The van der Waals surface area contributed by atoms with Gasteiger partial charge in [-0.1, -0.05) is 23.7 Å². The smallest absolute Gasteiger partial charge is 0.258 e. The maximum absolute atomic E-state index is 12.7. The Morgan fingerprint density at radius 3 is 2.45 bits per heavy atom. The molecule has 0 unspecified atom stereocenters. The van der Waals surface area contributed by atoms with E-state index in [-0.39, 0.29) is 23.5 Å². The number of benzene rings is 2. The largest absolute Gasteiger partial charge is 0.483 e. The van der Waals surface area contributed by atoms with E-state index in [1.54, 1.807) is 12.1 Å². The number of sulfonamides is 1. The summed E-state index contributed by atoms with van der Waals surface area (Å²) in [4.78, 5) is 12.5. The number of piperidine rings is 1. The zero-order valence-electron chi connectivity index (χ0n) is 16.5. The van der Waals surface area contributed by atoms with Crippen LogP contribution in [0.1, 0.15) is 24.0 Å². The molecule has 156 valence electrons. The second-order valence-corrected chi connectivity index (χ2v) is 9.56. The predicted molar refractivity (Wildman–Crippen MR) is 113 cm³/mol. The molecule has 1 N–H and O–H groups in total. The van der Waals surface area contributed by atoms with Crippen LogP contribution in [0.4, 0.5) is 0 Å². The average Bonchev–Trinajstić information content (AvgIpc) is 2.70.